The van der Waals surface area contributed by atoms with Crippen molar-refractivity contribution < 1.29 is 4.74 Å². The Kier molecular flexibility index (Phi) is 4.63. The summed E-state index contributed by atoms with van der Waals surface area (Å²) in [4.78, 5) is 2.58. The minimum Gasteiger partial charge on any atom is -0.375 e. The molecule has 1 aliphatic heterocycles. The van der Waals surface area contributed by atoms with Crippen LogP contribution in [0.4, 0.5) is 0 Å². The van der Waals surface area contributed by atoms with Crippen LogP contribution in [0.15, 0.2) is 18.2 Å². The van der Waals surface area contributed by atoms with Crippen LogP contribution < -0.4 is 5.73 Å². The lowest BCUT2D eigenvalue weighted by molar-refractivity contribution is -0.0894. The fourth-order valence-corrected chi connectivity index (χ4v) is 3.76. The minimum absolute atomic E-state index is 0.102. The molecule has 2 aliphatic rings. The van der Waals surface area contributed by atoms with E-state index < -0.39 is 0 Å². The van der Waals surface area contributed by atoms with Crippen LogP contribution in [0.2, 0.25) is 0 Å². The highest BCUT2D eigenvalue weighted by molar-refractivity contribution is 5.31. The van der Waals surface area contributed by atoms with E-state index in [4.69, 9.17) is 10.5 Å². The number of ether oxygens (including phenoxy) is 1. The minimum atomic E-state index is 0.102. The molecule has 0 spiro atoms. The molecule has 1 aliphatic carbocycles. The topological polar surface area (TPSA) is 38.5 Å². The highest BCUT2D eigenvalue weighted by atomic mass is 16.5. The Hall–Kier alpha value is -0.900. The number of rotatable bonds is 3. The van der Waals surface area contributed by atoms with Gasteiger partial charge in [0.15, 0.2) is 0 Å². The third kappa shape index (κ3) is 3.31. The molecule has 2 N–H and O–H groups in total. The van der Waals surface area contributed by atoms with Crippen molar-refractivity contribution in [1.82, 2.24) is 4.90 Å². The number of morpholine rings is 1. The maximum absolute atomic E-state index is 6.48. The molecule has 2 fully saturated rings. The molecule has 21 heavy (non-hydrogen) atoms. The standard InChI is InChI=1S/C18H28N2O/c1-13-7-8-15(11-14(13)2)16(19)12-20-9-10-21-18-6-4-3-5-17(18)20/h7-8,11,16-18H,3-6,9-10,12,19H2,1-2H3. The van der Waals surface area contributed by atoms with E-state index in [2.05, 4.69) is 36.9 Å². The van der Waals surface area contributed by atoms with Crippen molar-refractivity contribution in [3.63, 3.8) is 0 Å². The maximum Gasteiger partial charge on any atom is 0.0730 e. The van der Waals surface area contributed by atoms with E-state index >= 15 is 0 Å². The van der Waals surface area contributed by atoms with Crippen molar-refractivity contribution in [3.8, 4) is 0 Å². The summed E-state index contributed by atoms with van der Waals surface area (Å²) in [6.45, 7) is 7.16. The van der Waals surface area contributed by atoms with Gasteiger partial charge in [0.05, 0.1) is 12.7 Å². The summed E-state index contributed by atoms with van der Waals surface area (Å²) in [5, 5.41) is 0. The molecule has 116 valence electrons. The van der Waals surface area contributed by atoms with Gasteiger partial charge in [-0.25, -0.2) is 0 Å². The van der Waals surface area contributed by atoms with Crippen LogP contribution in [0.3, 0.4) is 0 Å². The van der Waals surface area contributed by atoms with Crippen molar-refractivity contribution in [2.24, 2.45) is 5.73 Å². The van der Waals surface area contributed by atoms with Gasteiger partial charge >= 0.3 is 0 Å². The number of nitrogens with two attached hydrogens (primary N) is 1. The molecule has 1 aromatic rings. The van der Waals surface area contributed by atoms with Crippen LogP contribution in [0.5, 0.6) is 0 Å². The molecular weight excluding hydrogens is 260 g/mol. The highest BCUT2D eigenvalue weighted by Crippen LogP contribution is 2.29. The lowest BCUT2D eigenvalue weighted by Crippen LogP contribution is -2.54. The van der Waals surface area contributed by atoms with Crippen LogP contribution >= 0.6 is 0 Å². The Balaban J connectivity index is 1.68. The van der Waals surface area contributed by atoms with Gasteiger partial charge in [-0.1, -0.05) is 31.0 Å². The van der Waals surface area contributed by atoms with Crippen molar-refractivity contribution >= 4 is 0 Å². The van der Waals surface area contributed by atoms with E-state index in [0.29, 0.717) is 12.1 Å². The predicted octanol–water partition coefficient (Wildman–Crippen LogP) is 2.95. The number of aryl methyl sites for hydroxylation is 2. The van der Waals surface area contributed by atoms with Crippen molar-refractivity contribution in [2.75, 3.05) is 19.7 Å². The Morgan fingerprint density at radius 2 is 2.05 bits per heavy atom. The van der Waals surface area contributed by atoms with Gasteiger partial charge < -0.3 is 10.5 Å². The molecular formula is C18H28N2O. The summed E-state index contributed by atoms with van der Waals surface area (Å²) in [6.07, 6.45) is 5.59. The lowest BCUT2D eigenvalue weighted by Gasteiger charge is -2.44. The molecule has 0 bridgehead atoms. The number of hydrogen-bond acceptors (Lipinski definition) is 3. The average Bonchev–Trinajstić information content (AvgIpc) is 2.50. The van der Waals surface area contributed by atoms with Gasteiger partial charge in [-0.3, -0.25) is 4.90 Å². The molecule has 0 radical (unpaired) electrons. The fourth-order valence-electron chi connectivity index (χ4n) is 3.76. The van der Waals surface area contributed by atoms with E-state index in [0.717, 1.165) is 19.7 Å². The summed E-state index contributed by atoms with van der Waals surface area (Å²) < 4.78 is 5.95. The second-order valence-corrected chi connectivity index (χ2v) is 6.71. The first-order chi connectivity index (χ1) is 10.1. The quantitative estimate of drug-likeness (QED) is 0.929. The van der Waals surface area contributed by atoms with Gasteiger partial charge in [-0.05, 0) is 43.4 Å². The molecule has 3 rings (SSSR count). The molecule has 1 aromatic carbocycles. The van der Waals surface area contributed by atoms with Gasteiger partial charge in [0.2, 0.25) is 0 Å². The Labute approximate surface area is 128 Å². The van der Waals surface area contributed by atoms with Gasteiger partial charge in [0.25, 0.3) is 0 Å². The molecule has 0 aromatic heterocycles. The van der Waals surface area contributed by atoms with Crippen molar-refractivity contribution in [3.05, 3.63) is 34.9 Å². The fraction of sp³-hybridized carbons (Fsp3) is 0.667. The molecule has 3 atom stereocenters. The first kappa shape index (κ1) is 15.0. The zero-order chi connectivity index (χ0) is 14.8. The molecule has 1 saturated heterocycles. The maximum atomic E-state index is 6.48. The van der Waals surface area contributed by atoms with Crippen LogP contribution in [0.1, 0.15) is 48.4 Å². The predicted molar refractivity (Wildman–Crippen MR) is 86.4 cm³/mol. The van der Waals surface area contributed by atoms with E-state index in [1.54, 1.807) is 0 Å². The van der Waals surface area contributed by atoms with E-state index in [-0.39, 0.29) is 6.04 Å². The number of nitrogens with zero attached hydrogens (tertiary/aromatic N) is 1. The highest BCUT2D eigenvalue weighted by Gasteiger charge is 2.34. The normalized spacial score (nSPS) is 28.1. The van der Waals surface area contributed by atoms with Crippen molar-refractivity contribution in [1.29, 1.82) is 0 Å². The first-order valence-electron chi connectivity index (χ1n) is 8.33. The summed E-state index contributed by atoms with van der Waals surface area (Å²) in [5.41, 5.74) is 10.4. The van der Waals surface area contributed by atoms with Crippen LogP contribution in [0, 0.1) is 13.8 Å². The lowest BCUT2D eigenvalue weighted by atomic mass is 9.89. The molecule has 1 heterocycles. The molecule has 3 nitrogen and oxygen atoms in total. The SMILES string of the molecule is Cc1ccc(C(N)CN2CCOC3CCCCC32)cc1C. The molecule has 0 amide bonds. The summed E-state index contributed by atoms with van der Waals surface area (Å²) >= 11 is 0. The van der Waals surface area contributed by atoms with Gasteiger partial charge in [0.1, 0.15) is 0 Å². The molecule has 3 heteroatoms. The van der Waals surface area contributed by atoms with Crippen molar-refractivity contribution in [2.45, 2.75) is 57.7 Å². The second kappa shape index (κ2) is 6.47. The smallest absolute Gasteiger partial charge is 0.0730 e. The summed E-state index contributed by atoms with van der Waals surface area (Å²) in [5.74, 6) is 0. The monoisotopic (exact) mass is 288 g/mol. The van der Waals surface area contributed by atoms with Crippen LogP contribution in [-0.2, 0) is 4.74 Å². The number of hydrogen-bond donors (Lipinski definition) is 1. The van der Waals surface area contributed by atoms with Gasteiger partial charge in [-0.2, -0.15) is 0 Å². The van der Waals surface area contributed by atoms with Gasteiger partial charge in [0, 0.05) is 25.2 Å². The zero-order valence-electron chi connectivity index (χ0n) is 13.3. The molecule has 1 saturated carbocycles. The first-order valence-corrected chi connectivity index (χ1v) is 8.33. The Bertz CT molecular complexity index is 486. The Morgan fingerprint density at radius 3 is 2.86 bits per heavy atom. The third-order valence-corrected chi connectivity index (χ3v) is 5.24. The number of fused-ring (bicyclic) bond motifs is 1. The van der Waals surface area contributed by atoms with Gasteiger partial charge in [-0.15, -0.1) is 0 Å². The van der Waals surface area contributed by atoms with E-state index in [1.165, 1.54) is 42.4 Å². The van der Waals surface area contributed by atoms with E-state index in [9.17, 15) is 0 Å². The Morgan fingerprint density at radius 1 is 1.24 bits per heavy atom. The summed E-state index contributed by atoms with van der Waals surface area (Å²) in [7, 11) is 0. The summed E-state index contributed by atoms with van der Waals surface area (Å²) in [6, 6.07) is 7.31. The molecule has 3 unspecified atom stereocenters. The van der Waals surface area contributed by atoms with Crippen LogP contribution in [-0.4, -0.2) is 36.7 Å². The number of benzene rings is 1. The average molecular weight is 288 g/mol. The van der Waals surface area contributed by atoms with E-state index in [1.807, 2.05) is 0 Å². The third-order valence-electron chi connectivity index (χ3n) is 5.24. The largest absolute Gasteiger partial charge is 0.375 e. The second-order valence-electron chi connectivity index (χ2n) is 6.71. The zero-order valence-corrected chi connectivity index (χ0v) is 13.3. The van der Waals surface area contributed by atoms with Crippen LogP contribution in [0.25, 0.3) is 0 Å².